The molecule has 0 bridgehead atoms. The van der Waals surface area contributed by atoms with Crippen LogP contribution in [0.15, 0.2) is 29.2 Å². The maximum absolute atomic E-state index is 12.8. The van der Waals surface area contributed by atoms with E-state index in [-0.39, 0.29) is 11.6 Å². The van der Waals surface area contributed by atoms with Crippen LogP contribution in [0.3, 0.4) is 0 Å². The zero-order chi connectivity index (χ0) is 26.0. The lowest BCUT2D eigenvalue weighted by molar-refractivity contribution is -0.119. The van der Waals surface area contributed by atoms with Gasteiger partial charge >= 0.3 is 5.69 Å². The van der Waals surface area contributed by atoms with Crippen LogP contribution in [0.1, 0.15) is 40.0 Å². The molecule has 1 aromatic carbocycles. The number of benzene rings is 1. The first-order valence-electron chi connectivity index (χ1n) is 12.2. The number of halogens is 1. The summed E-state index contributed by atoms with van der Waals surface area (Å²) < 4.78 is 3.28. The van der Waals surface area contributed by atoms with Crippen molar-refractivity contribution in [3.63, 3.8) is 0 Å². The summed E-state index contributed by atoms with van der Waals surface area (Å²) in [6, 6.07) is 5.65. The van der Waals surface area contributed by atoms with Gasteiger partial charge in [0.1, 0.15) is 5.02 Å². The average molecular weight is 516 g/mol. The van der Waals surface area contributed by atoms with E-state index in [0.717, 1.165) is 42.7 Å². The fourth-order valence-electron chi connectivity index (χ4n) is 4.53. The van der Waals surface area contributed by atoms with E-state index in [9.17, 15) is 14.7 Å². The number of nitrogens with one attached hydrogen (secondary N) is 2. The zero-order valence-electron chi connectivity index (χ0n) is 21.2. The van der Waals surface area contributed by atoms with E-state index in [1.807, 2.05) is 18.2 Å². The molecule has 2 aromatic heterocycles. The van der Waals surface area contributed by atoms with Crippen LogP contribution >= 0.6 is 11.6 Å². The maximum Gasteiger partial charge on any atom is 0.328 e. The largest absolute Gasteiger partial charge is 0.390 e. The SMILES string of the molecule is CC(=O)NCC1CCCN(c2ncc(Cl)c(Nc3ccc4c(c3)n(CCC(C)(C)O)c(=O)n4C)n2)C1. The summed E-state index contributed by atoms with van der Waals surface area (Å²) >= 11 is 6.44. The van der Waals surface area contributed by atoms with Crippen molar-refractivity contribution < 1.29 is 9.90 Å². The number of aromatic nitrogens is 4. The standard InChI is InChI=1S/C25H34ClN7O3/c1-16(34)27-13-17-6-5-10-32(15-17)23-28-14-19(26)22(30-23)29-18-7-8-20-21(12-18)33(24(35)31(20)4)11-9-25(2,3)36/h7-8,12,14,17,36H,5-6,9-11,13,15H2,1-4H3,(H,27,34)(H,28,29,30). The highest BCUT2D eigenvalue weighted by molar-refractivity contribution is 6.32. The Kier molecular flexibility index (Phi) is 7.56. The minimum absolute atomic E-state index is 0.0257. The predicted molar refractivity (Wildman–Crippen MR) is 142 cm³/mol. The molecule has 3 N–H and O–H groups in total. The molecule has 0 saturated carbocycles. The van der Waals surface area contributed by atoms with Gasteiger partial charge in [0.15, 0.2) is 5.82 Å². The Morgan fingerprint density at radius 2 is 2.08 bits per heavy atom. The highest BCUT2D eigenvalue weighted by Gasteiger charge is 2.23. The van der Waals surface area contributed by atoms with E-state index in [2.05, 4.69) is 20.5 Å². The Morgan fingerprint density at radius 1 is 1.31 bits per heavy atom. The van der Waals surface area contributed by atoms with Crippen LogP contribution in [0.4, 0.5) is 17.5 Å². The molecule has 3 aromatic rings. The monoisotopic (exact) mass is 515 g/mol. The van der Waals surface area contributed by atoms with Gasteiger partial charge in [0.25, 0.3) is 0 Å². The topological polar surface area (TPSA) is 117 Å². The Balaban J connectivity index is 1.57. The number of piperidine rings is 1. The Hall–Kier alpha value is -3.11. The summed E-state index contributed by atoms with van der Waals surface area (Å²) in [5, 5.41) is 16.7. The molecule has 194 valence electrons. The van der Waals surface area contributed by atoms with E-state index in [1.165, 1.54) is 6.92 Å². The summed E-state index contributed by atoms with van der Waals surface area (Å²) in [5.41, 5.74) is 1.29. The van der Waals surface area contributed by atoms with Crippen LogP contribution in [0.25, 0.3) is 11.0 Å². The number of amides is 1. The van der Waals surface area contributed by atoms with Gasteiger partial charge in [-0.05, 0) is 57.2 Å². The van der Waals surface area contributed by atoms with Crippen LogP contribution < -0.4 is 21.2 Å². The molecule has 10 nitrogen and oxygen atoms in total. The van der Waals surface area contributed by atoms with E-state index in [0.29, 0.717) is 42.2 Å². The minimum Gasteiger partial charge on any atom is -0.390 e. The maximum atomic E-state index is 12.8. The van der Waals surface area contributed by atoms with Crippen molar-refractivity contribution in [3.05, 3.63) is 39.9 Å². The number of hydrogen-bond donors (Lipinski definition) is 3. The number of hydrogen-bond acceptors (Lipinski definition) is 7. The molecule has 1 aliphatic rings. The lowest BCUT2D eigenvalue weighted by atomic mass is 9.98. The molecule has 1 unspecified atom stereocenters. The molecule has 36 heavy (non-hydrogen) atoms. The van der Waals surface area contributed by atoms with E-state index in [4.69, 9.17) is 16.6 Å². The molecule has 1 atom stereocenters. The second-order valence-electron chi connectivity index (χ2n) is 10.1. The second-order valence-corrected chi connectivity index (χ2v) is 10.5. The third kappa shape index (κ3) is 5.99. The smallest absolute Gasteiger partial charge is 0.328 e. The highest BCUT2D eigenvalue weighted by Crippen LogP contribution is 2.28. The van der Waals surface area contributed by atoms with Gasteiger partial charge in [-0.2, -0.15) is 4.98 Å². The van der Waals surface area contributed by atoms with Crippen LogP contribution in [0.5, 0.6) is 0 Å². The van der Waals surface area contributed by atoms with Gasteiger partial charge < -0.3 is 20.6 Å². The number of carbonyl (C=O) groups is 1. The summed E-state index contributed by atoms with van der Waals surface area (Å²) in [6.07, 6.45) is 4.07. The van der Waals surface area contributed by atoms with Gasteiger partial charge in [0.2, 0.25) is 11.9 Å². The first-order valence-corrected chi connectivity index (χ1v) is 12.6. The normalized spacial score (nSPS) is 16.4. The molecule has 0 radical (unpaired) electrons. The molecule has 4 rings (SSSR count). The van der Waals surface area contributed by atoms with Crippen molar-refractivity contribution in [3.8, 4) is 0 Å². The molecule has 1 aliphatic heterocycles. The van der Waals surface area contributed by atoms with Crippen LogP contribution in [-0.4, -0.2) is 55.4 Å². The summed E-state index contributed by atoms with van der Waals surface area (Å²) in [6.45, 7) is 7.61. The van der Waals surface area contributed by atoms with Crippen molar-refractivity contribution in [1.29, 1.82) is 0 Å². The Labute approximate surface area is 215 Å². The van der Waals surface area contributed by atoms with Gasteiger partial charge in [-0.3, -0.25) is 13.9 Å². The fraction of sp³-hybridized carbons (Fsp3) is 0.520. The second kappa shape index (κ2) is 10.5. The van der Waals surface area contributed by atoms with Gasteiger partial charge in [-0.25, -0.2) is 9.78 Å². The molecular formula is C25H34ClN7O3. The van der Waals surface area contributed by atoms with Crippen LogP contribution in [-0.2, 0) is 18.4 Å². The first-order chi connectivity index (χ1) is 17.0. The lowest BCUT2D eigenvalue weighted by Crippen LogP contribution is -2.41. The van der Waals surface area contributed by atoms with Crippen molar-refractivity contribution in [2.24, 2.45) is 13.0 Å². The van der Waals surface area contributed by atoms with Gasteiger partial charge in [0.05, 0.1) is 22.8 Å². The minimum atomic E-state index is -0.877. The molecule has 1 amide bonds. The third-order valence-corrected chi connectivity index (χ3v) is 6.80. The molecule has 0 spiro atoms. The van der Waals surface area contributed by atoms with Crippen LogP contribution in [0, 0.1) is 5.92 Å². The number of rotatable bonds is 8. The van der Waals surface area contributed by atoms with Crippen molar-refractivity contribution in [2.75, 3.05) is 29.9 Å². The average Bonchev–Trinajstić information content (AvgIpc) is 3.06. The number of carbonyl (C=O) groups excluding carboxylic acids is 1. The van der Waals surface area contributed by atoms with Crippen molar-refractivity contribution in [2.45, 2.75) is 52.2 Å². The Morgan fingerprint density at radius 3 is 2.81 bits per heavy atom. The van der Waals surface area contributed by atoms with E-state index < -0.39 is 5.60 Å². The van der Waals surface area contributed by atoms with Gasteiger partial charge in [-0.15, -0.1) is 0 Å². The summed E-state index contributed by atoms with van der Waals surface area (Å²) in [5.74, 6) is 1.37. The number of aliphatic hydroxyl groups is 1. The van der Waals surface area contributed by atoms with Crippen molar-refractivity contribution >= 4 is 46.0 Å². The quantitative estimate of drug-likeness (QED) is 0.422. The van der Waals surface area contributed by atoms with Crippen LogP contribution in [0.2, 0.25) is 5.02 Å². The molecule has 1 saturated heterocycles. The number of anilines is 3. The fourth-order valence-corrected chi connectivity index (χ4v) is 4.66. The number of fused-ring (bicyclic) bond motifs is 1. The molecule has 1 fully saturated rings. The predicted octanol–water partition coefficient (Wildman–Crippen LogP) is 3.04. The third-order valence-electron chi connectivity index (χ3n) is 6.53. The molecule has 3 heterocycles. The zero-order valence-corrected chi connectivity index (χ0v) is 22.0. The van der Waals surface area contributed by atoms with Gasteiger partial charge in [0, 0.05) is 45.8 Å². The lowest BCUT2D eigenvalue weighted by Gasteiger charge is -2.33. The summed E-state index contributed by atoms with van der Waals surface area (Å²) in [7, 11) is 1.74. The first kappa shape index (κ1) is 26.0. The molecule has 11 heteroatoms. The molecular weight excluding hydrogens is 482 g/mol. The molecule has 0 aliphatic carbocycles. The van der Waals surface area contributed by atoms with E-state index >= 15 is 0 Å². The van der Waals surface area contributed by atoms with Gasteiger partial charge in [-0.1, -0.05) is 11.6 Å². The number of nitrogens with zero attached hydrogens (tertiary/aromatic N) is 5. The van der Waals surface area contributed by atoms with E-state index in [1.54, 1.807) is 36.2 Å². The van der Waals surface area contributed by atoms with Crippen molar-refractivity contribution in [1.82, 2.24) is 24.4 Å². The highest BCUT2D eigenvalue weighted by atomic mass is 35.5. The number of aryl methyl sites for hydroxylation is 2. The Bertz CT molecular complexity index is 1310. The summed E-state index contributed by atoms with van der Waals surface area (Å²) in [4.78, 5) is 35.4. The number of imidazole rings is 1.